The fraction of sp³-hybridized carbons (Fsp3) is 0.727. The van der Waals surface area contributed by atoms with E-state index in [2.05, 4.69) is 24.3 Å². The molecule has 0 fully saturated rings. The zero-order chi connectivity index (χ0) is 11.1. The van der Waals surface area contributed by atoms with Gasteiger partial charge in [0.1, 0.15) is 0 Å². The van der Waals surface area contributed by atoms with Crippen LogP contribution in [0.25, 0.3) is 0 Å². The largest absolute Gasteiger partial charge is 0.383 e. The van der Waals surface area contributed by atoms with E-state index in [-0.39, 0.29) is 0 Å². The first-order valence-electron chi connectivity index (χ1n) is 5.54. The van der Waals surface area contributed by atoms with Crippen LogP contribution in [0, 0.1) is 0 Å². The van der Waals surface area contributed by atoms with Gasteiger partial charge in [-0.05, 0) is 13.3 Å². The normalized spacial score (nSPS) is 12.7. The average Bonchev–Trinajstić information content (AvgIpc) is 2.63. The van der Waals surface area contributed by atoms with Crippen molar-refractivity contribution in [1.29, 1.82) is 0 Å². The summed E-state index contributed by atoms with van der Waals surface area (Å²) in [5.74, 6) is 0. The van der Waals surface area contributed by atoms with Gasteiger partial charge < -0.3 is 10.1 Å². The smallest absolute Gasteiger partial charge is 0.0728 e. The van der Waals surface area contributed by atoms with Crippen molar-refractivity contribution in [3.05, 3.63) is 12.4 Å². The van der Waals surface area contributed by atoms with Gasteiger partial charge in [-0.3, -0.25) is 4.68 Å². The SMILES string of the molecule is CCCC(C)Nc1cnn(CCOC)c1. The lowest BCUT2D eigenvalue weighted by atomic mass is 10.2. The van der Waals surface area contributed by atoms with Crippen molar-refractivity contribution in [1.82, 2.24) is 9.78 Å². The highest BCUT2D eigenvalue weighted by molar-refractivity contribution is 5.38. The van der Waals surface area contributed by atoms with Crippen LogP contribution in [0.3, 0.4) is 0 Å². The van der Waals surface area contributed by atoms with Gasteiger partial charge in [0.2, 0.25) is 0 Å². The lowest BCUT2D eigenvalue weighted by Gasteiger charge is -2.11. The van der Waals surface area contributed by atoms with Crippen LogP contribution >= 0.6 is 0 Å². The van der Waals surface area contributed by atoms with E-state index in [4.69, 9.17) is 4.74 Å². The molecule has 0 radical (unpaired) electrons. The summed E-state index contributed by atoms with van der Waals surface area (Å²) in [4.78, 5) is 0. The molecule has 1 N–H and O–H groups in total. The van der Waals surface area contributed by atoms with Crippen molar-refractivity contribution < 1.29 is 4.74 Å². The van der Waals surface area contributed by atoms with Gasteiger partial charge in [0.25, 0.3) is 0 Å². The standard InChI is InChI=1S/C11H21N3O/c1-4-5-10(2)13-11-8-12-14(9-11)6-7-15-3/h8-10,13H,4-7H2,1-3H3. The number of nitrogens with zero attached hydrogens (tertiary/aromatic N) is 2. The summed E-state index contributed by atoms with van der Waals surface area (Å²) in [7, 11) is 1.70. The zero-order valence-corrected chi connectivity index (χ0v) is 9.86. The molecule has 0 amide bonds. The van der Waals surface area contributed by atoms with Crippen molar-refractivity contribution in [2.24, 2.45) is 0 Å². The lowest BCUT2D eigenvalue weighted by molar-refractivity contribution is 0.183. The van der Waals surface area contributed by atoms with E-state index in [1.807, 2.05) is 17.1 Å². The summed E-state index contributed by atoms with van der Waals surface area (Å²) >= 11 is 0. The second kappa shape index (κ2) is 6.45. The molecule has 1 atom stereocenters. The molecular formula is C11H21N3O. The topological polar surface area (TPSA) is 39.1 Å². The van der Waals surface area contributed by atoms with Gasteiger partial charge >= 0.3 is 0 Å². The third kappa shape index (κ3) is 4.34. The fourth-order valence-electron chi connectivity index (χ4n) is 1.53. The highest BCUT2D eigenvalue weighted by Crippen LogP contribution is 2.09. The third-order valence-corrected chi connectivity index (χ3v) is 2.29. The number of anilines is 1. The maximum absolute atomic E-state index is 4.99. The molecule has 0 bridgehead atoms. The van der Waals surface area contributed by atoms with Gasteiger partial charge in [0.15, 0.2) is 0 Å². The first kappa shape index (κ1) is 12.0. The van der Waals surface area contributed by atoms with Gasteiger partial charge in [-0.15, -0.1) is 0 Å². The second-order valence-corrected chi connectivity index (χ2v) is 3.82. The second-order valence-electron chi connectivity index (χ2n) is 3.82. The van der Waals surface area contributed by atoms with E-state index in [0.29, 0.717) is 12.6 Å². The maximum atomic E-state index is 4.99. The lowest BCUT2D eigenvalue weighted by Crippen LogP contribution is -2.13. The van der Waals surface area contributed by atoms with Crippen LogP contribution in [0.15, 0.2) is 12.4 Å². The van der Waals surface area contributed by atoms with Gasteiger partial charge in [0, 0.05) is 19.3 Å². The molecular weight excluding hydrogens is 190 g/mol. The van der Waals surface area contributed by atoms with Crippen molar-refractivity contribution in [2.45, 2.75) is 39.3 Å². The number of ether oxygens (including phenoxy) is 1. The monoisotopic (exact) mass is 211 g/mol. The Bertz CT molecular complexity index is 273. The molecule has 15 heavy (non-hydrogen) atoms. The molecule has 1 heterocycles. The summed E-state index contributed by atoms with van der Waals surface area (Å²) in [6, 6.07) is 0.509. The van der Waals surface area contributed by atoms with E-state index >= 15 is 0 Å². The fourth-order valence-corrected chi connectivity index (χ4v) is 1.53. The van der Waals surface area contributed by atoms with Crippen LogP contribution in [0.2, 0.25) is 0 Å². The Labute approximate surface area is 91.6 Å². The van der Waals surface area contributed by atoms with Gasteiger partial charge in [-0.2, -0.15) is 5.10 Å². The minimum absolute atomic E-state index is 0.509. The predicted octanol–water partition coefficient (Wildman–Crippen LogP) is 2.13. The Kier molecular flexibility index (Phi) is 5.18. The number of aromatic nitrogens is 2. The molecule has 4 nitrogen and oxygen atoms in total. The number of hydrogen-bond acceptors (Lipinski definition) is 3. The van der Waals surface area contributed by atoms with Crippen LogP contribution in [0.1, 0.15) is 26.7 Å². The molecule has 1 rings (SSSR count). The van der Waals surface area contributed by atoms with Gasteiger partial charge in [-0.25, -0.2) is 0 Å². The number of methoxy groups -OCH3 is 1. The third-order valence-electron chi connectivity index (χ3n) is 2.29. The molecule has 4 heteroatoms. The Morgan fingerprint density at radius 2 is 2.40 bits per heavy atom. The Balaban J connectivity index is 2.38. The maximum Gasteiger partial charge on any atom is 0.0728 e. The summed E-state index contributed by atoms with van der Waals surface area (Å²) in [6.07, 6.45) is 6.27. The minimum Gasteiger partial charge on any atom is -0.383 e. The van der Waals surface area contributed by atoms with E-state index in [9.17, 15) is 0 Å². The molecule has 0 aliphatic heterocycles. The molecule has 1 aromatic heterocycles. The van der Waals surface area contributed by atoms with Gasteiger partial charge in [-0.1, -0.05) is 13.3 Å². The van der Waals surface area contributed by atoms with Crippen molar-refractivity contribution in [2.75, 3.05) is 19.0 Å². The Hall–Kier alpha value is -1.03. The summed E-state index contributed by atoms with van der Waals surface area (Å²) in [6.45, 7) is 5.89. The number of hydrogen-bond donors (Lipinski definition) is 1. The Morgan fingerprint density at radius 3 is 3.07 bits per heavy atom. The highest BCUT2D eigenvalue weighted by Gasteiger charge is 2.02. The van der Waals surface area contributed by atoms with E-state index in [1.54, 1.807) is 7.11 Å². The van der Waals surface area contributed by atoms with Crippen LogP contribution in [-0.4, -0.2) is 29.5 Å². The molecule has 0 spiro atoms. The Morgan fingerprint density at radius 1 is 1.60 bits per heavy atom. The molecule has 1 unspecified atom stereocenters. The van der Waals surface area contributed by atoms with Crippen LogP contribution < -0.4 is 5.32 Å². The quantitative estimate of drug-likeness (QED) is 0.751. The summed E-state index contributed by atoms with van der Waals surface area (Å²) in [5.41, 5.74) is 1.09. The predicted molar refractivity (Wildman–Crippen MR) is 62.1 cm³/mol. The van der Waals surface area contributed by atoms with Crippen molar-refractivity contribution >= 4 is 5.69 Å². The molecule has 1 aromatic rings. The molecule has 86 valence electrons. The van der Waals surface area contributed by atoms with Gasteiger partial charge in [0.05, 0.1) is 25.0 Å². The molecule has 0 aromatic carbocycles. The van der Waals surface area contributed by atoms with E-state index in [1.165, 1.54) is 12.8 Å². The van der Waals surface area contributed by atoms with Crippen molar-refractivity contribution in [3.63, 3.8) is 0 Å². The first-order valence-corrected chi connectivity index (χ1v) is 5.54. The summed E-state index contributed by atoms with van der Waals surface area (Å²) < 4.78 is 6.89. The minimum atomic E-state index is 0.509. The number of nitrogens with one attached hydrogen (secondary N) is 1. The molecule has 0 saturated carbocycles. The number of rotatable bonds is 7. The van der Waals surface area contributed by atoms with Crippen LogP contribution in [0.5, 0.6) is 0 Å². The molecule has 0 aliphatic carbocycles. The van der Waals surface area contributed by atoms with E-state index < -0.39 is 0 Å². The average molecular weight is 211 g/mol. The van der Waals surface area contributed by atoms with Crippen LogP contribution in [-0.2, 0) is 11.3 Å². The first-order chi connectivity index (χ1) is 7.26. The van der Waals surface area contributed by atoms with Crippen molar-refractivity contribution in [3.8, 4) is 0 Å². The zero-order valence-electron chi connectivity index (χ0n) is 9.86. The van der Waals surface area contributed by atoms with E-state index in [0.717, 1.165) is 12.2 Å². The highest BCUT2D eigenvalue weighted by atomic mass is 16.5. The van der Waals surface area contributed by atoms with Crippen LogP contribution in [0.4, 0.5) is 5.69 Å². The summed E-state index contributed by atoms with van der Waals surface area (Å²) in [5, 5.41) is 7.66. The molecule has 0 aliphatic rings. The molecule has 0 saturated heterocycles.